The lowest BCUT2D eigenvalue weighted by molar-refractivity contribution is 0.481. The van der Waals surface area contributed by atoms with Gasteiger partial charge in [-0.25, -0.2) is 0 Å². The largest absolute Gasteiger partial charge is 0.507 e. The Morgan fingerprint density at radius 3 is 1.54 bits per heavy atom. The van der Waals surface area contributed by atoms with Crippen LogP contribution in [0.15, 0.2) is 85.9 Å². The molecule has 7 rings (SSSR count). The molecule has 0 radical (unpaired) electrons. The van der Waals surface area contributed by atoms with E-state index < -0.39 is 10.9 Å². The van der Waals surface area contributed by atoms with Gasteiger partial charge < -0.3 is 15.1 Å². The van der Waals surface area contributed by atoms with Crippen LogP contribution in [0, 0.1) is 0 Å². The van der Waals surface area contributed by atoms with Crippen LogP contribution in [0.5, 0.6) is 5.75 Å². The second-order valence-electron chi connectivity index (χ2n) is 8.63. The maximum atomic E-state index is 13.4. The average molecular weight is 458 g/mol. The highest BCUT2D eigenvalue weighted by Gasteiger charge is 2.18. The van der Waals surface area contributed by atoms with Crippen LogP contribution in [-0.2, 0) is 0 Å². The number of H-pyrrole nitrogens is 2. The van der Waals surface area contributed by atoms with Crippen molar-refractivity contribution < 1.29 is 5.11 Å². The molecule has 0 spiro atoms. The van der Waals surface area contributed by atoms with E-state index in [-0.39, 0.29) is 43.5 Å². The summed E-state index contributed by atoms with van der Waals surface area (Å²) >= 11 is 0. The van der Waals surface area contributed by atoms with Gasteiger partial charge in [0, 0.05) is 26.9 Å². The van der Waals surface area contributed by atoms with Crippen LogP contribution in [0.3, 0.4) is 0 Å². The number of nitrogens with one attached hydrogen (secondary N) is 2. The predicted octanol–water partition coefficient (Wildman–Crippen LogP) is 3.85. The van der Waals surface area contributed by atoms with E-state index in [0.717, 1.165) is 0 Å². The van der Waals surface area contributed by atoms with Crippen LogP contribution >= 0.6 is 0 Å². The van der Waals surface area contributed by atoms with Gasteiger partial charge in [-0.3, -0.25) is 19.2 Å². The number of benzene rings is 6. The van der Waals surface area contributed by atoms with E-state index in [2.05, 4.69) is 9.97 Å². The highest BCUT2D eigenvalue weighted by Crippen LogP contribution is 2.28. The molecule has 35 heavy (non-hydrogen) atoms. The number of aromatic amines is 2. The van der Waals surface area contributed by atoms with Crippen molar-refractivity contribution >= 4 is 65.2 Å². The third-order valence-electron chi connectivity index (χ3n) is 6.80. The summed E-state index contributed by atoms with van der Waals surface area (Å²) in [5.74, 6) is -0.240. The zero-order chi connectivity index (χ0) is 24.0. The Morgan fingerprint density at radius 1 is 0.457 bits per heavy atom. The van der Waals surface area contributed by atoms with Crippen molar-refractivity contribution in [3.63, 3.8) is 0 Å². The van der Waals surface area contributed by atoms with E-state index in [1.807, 2.05) is 0 Å². The smallest absolute Gasteiger partial charge is 0.198 e. The maximum absolute atomic E-state index is 13.4. The molecule has 0 amide bonds. The summed E-state index contributed by atoms with van der Waals surface area (Å²) in [5, 5.41) is 12.0. The number of hydrogen-bond donors (Lipinski definition) is 3. The summed E-state index contributed by atoms with van der Waals surface area (Å²) < 4.78 is 0. The molecule has 0 fully saturated rings. The molecule has 3 N–H and O–H groups in total. The van der Waals surface area contributed by atoms with Crippen molar-refractivity contribution in [1.29, 1.82) is 0 Å². The Kier molecular flexibility index (Phi) is 3.62. The molecule has 1 aromatic heterocycles. The first-order valence-electron chi connectivity index (χ1n) is 10.9. The lowest BCUT2D eigenvalue weighted by atomic mass is 9.99. The van der Waals surface area contributed by atoms with Gasteiger partial charge >= 0.3 is 0 Å². The van der Waals surface area contributed by atoms with Crippen LogP contribution in [0.4, 0.5) is 0 Å². The van der Waals surface area contributed by atoms with Gasteiger partial charge in [0.25, 0.3) is 0 Å². The minimum Gasteiger partial charge on any atom is -0.507 e. The molecule has 7 nitrogen and oxygen atoms in total. The molecule has 0 aliphatic heterocycles. The second-order valence-corrected chi connectivity index (χ2v) is 8.63. The fourth-order valence-corrected chi connectivity index (χ4v) is 5.19. The molecule has 6 aromatic carbocycles. The predicted molar refractivity (Wildman–Crippen MR) is 138 cm³/mol. The van der Waals surface area contributed by atoms with Crippen molar-refractivity contribution in [1.82, 2.24) is 9.97 Å². The van der Waals surface area contributed by atoms with Crippen molar-refractivity contribution in [3.05, 3.63) is 108 Å². The number of hydrogen-bond acceptors (Lipinski definition) is 5. The van der Waals surface area contributed by atoms with Gasteiger partial charge in [-0.15, -0.1) is 0 Å². The topological polar surface area (TPSA) is 120 Å². The SMILES string of the molecule is O=c1c2ccccc2c(=O)c2c1ccc1[nH]c3c(ccc4c(=O)c5c(O)cccc5c(=O)c43)[nH]c12. The molecule has 1 heterocycles. The zero-order valence-corrected chi connectivity index (χ0v) is 17.9. The summed E-state index contributed by atoms with van der Waals surface area (Å²) in [7, 11) is 0. The molecule has 7 aromatic rings. The second kappa shape index (κ2) is 6.51. The first-order chi connectivity index (χ1) is 17.0. The molecule has 0 saturated carbocycles. The van der Waals surface area contributed by atoms with Crippen LogP contribution in [0.25, 0.3) is 65.2 Å². The molecule has 0 unspecified atom stereocenters. The van der Waals surface area contributed by atoms with Crippen molar-refractivity contribution in [2.45, 2.75) is 0 Å². The molecule has 0 aliphatic carbocycles. The summed E-state index contributed by atoms with van der Waals surface area (Å²) in [6, 6.07) is 17.6. The Bertz CT molecular complexity index is 2320. The summed E-state index contributed by atoms with van der Waals surface area (Å²) in [6.45, 7) is 0. The standard InChI is InChI=1S/C28H14N2O5/c31-19-7-3-6-14-20(19)27(34)16-9-11-18-24(22(16)28(14)35)30-17-10-8-15-21(23(17)29-18)26(33)13-5-2-1-4-12(13)25(15)32/h1-11,29-31H. The maximum Gasteiger partial charge on any atom is 0.198 e. The highest BCUT2D eigenvalue weighted by atomic mass is 16.3. The van der Waals surface area contributed by atoms with E-state index in [0.29, 0.717) is 38.2 Å². The number of aromatic nitrogens is 2. The van der Waals surface area contributed by atoms with Gasteiger partial charge in [0.2, 0.25) is 0 Å². The lowest BCUT2D eigenvalue weighted by Crippen LogP contribution is -2.15. The van der Waals surface area contributed by atoms with E-state index >= 15 is 0 Å². The molecule has 166 valence electrons. The van der Waals surface area contributed by atoms with Gasteiger partial charge in [0.15, 0.2) is 21.7 Å². The van der Waals surface area contributed by atoms with E-state index in [1.165, 1.54) is 24.3 Å². The number of fused-ring (bicyclic) bond motifs is 8. The van der Waals surface area contributed by atoms with Gasteiger partial charge in [-0.05, 0) is 30.3 Å². The van der Waals surface area contributed by atoms with Crippen LogP contribution < -0.4 is 21.7 Å². The summed E-state index contributed by atoms with van der Waals surface area (Å²) in [6.07, 6.45) is 0. The Labute approximate surface area is 193 Å². The normalized spacial score (nSPS) is 12.0. The Morgan fingerprint density at radius 2 is 0.914 bits per heavy atom. The quantitative estimate of drug-likeness (QED) is 0.236. The molecule has 0 aliphatic rings. The molecule has 0 bridgehead atoms. The summed E-state index contributed by atoms with van der Waals surface area (Å²) in [5.41, 5.74) is 0.518. The van der Waals surface area contributed by atoms with E-state index in [4.69, 9.17) is 0 Å². The molecular weight excluding hydrogens is 444 g/mol. The fourth-order valence-electron chi connectivity index (χ4n) is 5.19. The molecule has 7 heteroatoms. The number of aromatic hydroxyl groups is 1. The minimum absolute atomic E-state index is 0.00837. The van der Waals surface area contributed by atoms with Gasteiger partial charge in [0.1, 0.15) is 5.75 Å². The first kappa shape index (κ1) is 19.4. The Balaban J connectivity index is 1.72. The van der Waals surface area contributed by atoms with Crippen LogP contribution in [0.2, 0.25) is 0 Å². The van der Waals surface area contributed by atoms with Crippen LogP contribution in [-0.4, -0.2) is 15.1 Å². The molecule has 0 atom stereocenters. The highest BCUT2D eigenvalue weighted by molar-refractivity contribution is 6.14. The van der Waals surface area contributed by atoms with E-state index in [9.17, 15) is 24.3 Å². The lowest BCUT2D eigenvalue weighted by Gasteiger charge is -2.10. The Hall–Kier alpha value is -5.04. The zero-order valence-electron chi connectivity index (χ0n) is 17.9. The number of phenolic OH excluding ortho intramolecular Hbond substituents is 1. The van der Waals surface area contributed by atoms with Gasteiger partial charge in [0.05, 0.1) is 38.2 Å². The third kappa shape index (κ3) is 2.38. The minimum atomic E-state index is -0.439. The summed E-state index contributed by atoms with van der Waals surface area (Å²) in [4.78, 5) is 59.5. The van der Waals surface area contributed by atoms with Crippen molar-refractivity contribution in [2.75, 3.05) is 0 Å². The first-order valence-corrected chi connectivity index (χ1v) is 10.9. The molecular formula is C28H14N2O5. The average Bonchev–Trinajstić information content (AvgIpc) is 2.88. The van der Waals surface area contributed by atoms with E-state index in [1.54, 1.807) is 42.5 Å². The third-order valence-corrected chi connectivity index (χ3v) is 6.80. The van der Waals surface area contributed by atoms with Gasteiger partial charge in [-0.2, -0.15) is 0 Å². The van der Waals surface area contributed by atoms with Crippen molar-refractivity contribution in [3.8, 4) is 5.75 Å². The van der Waals surface area contributed by atoms with Gasteiger partial charge in [-0.1, -0.05) is 36.4 Å². The monoisotopic (exact) mass is 458 g/mol. The van der Waals surface area contributed by atoms with Crippen LogP contribution in [0.1, 0.15) is 0 Å². The van der Waals surface area contributed by atoms with Crippen molar-refractivity contribution in [2.24, 2.45) is 0 Å². The number of rotatable bonds is 0. The molecule has 0 saturated heterocycles. The fraction of sp³-hybridized carbons (Fsp3) is 0. The number of phenols is 1.